The number of azo groups is 4. The van der Waals surface area contributed by atoms with Gasteiger partial charge >= 0.3 is 1.43 Å². The van der Waals surface area contributed by atoms with Crippen LogP contribution in [0.2, 0.25) is 40.2 Å². The molecule has 0 amide bonds. The van der Waals surface area contributed by atoms with Gasteiger partial charge in [-0.05, 0) is 132 Å². The third-order valence-electron chi connectivity index (χ3n) is 12.6. The first-order valence-electron chi connectivity index (χ1n) is 25.5. The van der Waals surface area contributed by atoms with Gasteiger partial charge in [0.1, 0.15) is 80.0 Å². The molecule has 454 valence electrons. The maximum atomic E-state index is 10.4. The molecule has 0 saturated heterocycles. The summed E-state index contributed by atoms with van der Waals surface area (Å²) in [6.45, 7) is 0. The van der Waals surface area contributed by atoms with E-state index in [2.05, 4.69) is 40.9 Å². The summed E-state index contributed by atoms with van der Waals surface area (Å²) in [6.07, 6.45) is 0. The van der Waals surface area contributed by atoms with Gasteiger partial charge in [0, 0.05) is 98.6 Å². The van der Waals surface area contributed by atoms with Gasteiger partial charge < -0.3 is 40.9 Å². The van der Waals surface area contributed by atoms with Crippen molar-refractivity contribution in [3.63, 3.8) is 0 Å². The predicted octanol–water partition coefficient (Wildman–Crippen LogP) is 24.2. The zero-order chi connectivity index (χ0) is 62.8. The van der Waals surface area contributed by atoms with Crippen LogP contribution in [0.15, 0.2) is 235 Å². The van der Waals surface area contributed by atoms with Gasteiger partial charge in [-0.2, -0.15) is 0 Å². The van der Waals surface area contributed by atoms with Gasteiger partial charge in [-0.3, -0.25) is 0 Å². The van der Waals surface area contributed by atoms with E-state index >= 15 is 0 Å². The van der Waals surface area contributed by atoms with Crippen LogP contribution in [0.25, 0.3) is 43.1 Å². The quantitative estimate of drug-likeness (QED) is 0.0677. The molecule has 0 aliphatic carbocycles. The van der Waals surface area contributed by atoms with Crippen LogP contribution in [0.3, 0.4) is 0 Å². The molecular weight excluding hydrogens is 1400 g/mol. The molecule has 0 atom stereocenters. The fraction of sp³-hybridized carbons (Fsp3) is 0. The van der Waals surface area contributed by atoms with Gasteiger partial charge in [0.2, 0.25) is 0 Å². The van der Waals surface area contributed by atoms with Crippen molar-refractivity contribution in [2.75, 3.05) is 0 Å². The standard InChI is InChI=1S/2C16H9Cl3N2O2.2C16H11ClN2O2.2Cr.H2/c2*17-8-1-6-14(22)13(7-8)21-20-12-5-2-9-10(18)3-4-11(19)15(9)16(12)23;2*17-11-6-8-14(20)13(9-11)18-19-16-12-4-2-1-3-10(12)5-7-15(16)21;;;/h2*1-7,22-23H;2*1-9,20-21H;;;1H/p+1. The second-order valence-corrected chi connectivity index (χ2v) is 21.8. The van der Waals surface area contributed by atoms with Crippen LogP contribution in [0.1, 0.15) is 2.85 Å². The molecule has 0 aliphatic rings. The van der Waals surface area contributed by atoms with Crippen molar-refractivity contribution in [1.82, 2.24) is 0 Å². The van der Waals surface area contributed by atoms with E-state index in [0.717, 1.165) is 21.5 Å². The normalized spacial score (nSPS) is 11.1. The largest absolute Gasteiger partial charge is 1.00 e. The Morgan fingerprint density at radius 2 is 0.533 bits per heavy atom. The second-order valence-electron chi connectivity index (χ2n) is 18.4. The molecule has 0 aliphatic heterocycles. The number of hydrogen-bond acceptors (Lipinski definition) is 16. The molecule has 0 saturated carbocycles. The van der Waals surface area contributed by atoms with Gasteiger partial charge in [-0.25, -0.2) is 0 Å². The zero-order valence-corrected chi connectivity index (χ0v) is 54.1. The maximum absolute atomic E-state index is 10.4. The minimum atomic E-state index is -0.139. The van der Waals surface area contributed by atoms with Crippen LogP contribution in [-0.4, -0.2) is 40.9 Å². The molecular formula is C64H43Cl8Cr2N8O8+. The minimum Gasteiger partial charge on any atom is -0.506 e. The number of rotatable bonds is 8. The van der Waals surface area contributed by atoms with Crippen molar-refractivity contribution >= 4 is 181 Å². The Morgan fingerprint density at radius 1 is 0.256 bits per heavy atom. The van der Waals surface area contributed by atoms with Crippen LogP contribution >= 0.6 is 92.8 Å². The second kappa shape index (κ2) is 31.5. The topological polar surface area (TPSA) is 261 Å². The molecule has 0 radical (unpaired) electrons. The summed E-state index contributed by atoms with van der Waals surface area (Å²) >= 11 is 47.9. The van der Waals surface area contributed by atoms with E-state index in [4.69, 9.17) is 92.8 Å². The Labute approximate surface area is 576 Å². The molecule has 12 aromatic rings. The fourth-order valence-electron chi connectivity index (χ4n) is 8.27. The van der Waals surface area contributed by atoms with Crippen LogP contribution in [0.4, 0.5) is 45.5 Å². The van der Waals surface area contributed by atoms with Crippen molar-refractivity contribution in [3.8, 4) is 46.0 Å². The molecule has 0 fully saturated rings. The van der Waals surface area contributed by atoms with Crippen LogP contribution in [0, 0.1) is 0 Å². The number of hydrogen-bond donors (Lipinski definition) is 8. The molecule has 12 rings (SSSR count). The first kappa shape index (κ1) is 69.3. The molecule has 26 heteroatoms. The fourth-order valence-corrected chi connectivity index (χ4v) is 9.88. The summed E-state index contributed by atoms with van der Waals surface area (Å²) < 4.78 is 0. The summed E-state index contributed by atoms with van der Waals surface area (Å²) in [5.41, 5.74) is 1.97. The maximum Gasteiger partial charge on any atom is 1.00 e. The van der Waals surface area contributed by atoms with Crippen molar-refractivity contribution in [1.29, 1.82) is 0 Å². The average molecular weight is 1440 g/mol. The molecule has 90 heavy (non-hydrogen) atoms. The van der Waals surface area contributed by atoms with E-state index in [9.17, 15) is 40.9 Å². The van der Waals surface area contributed by atoms with E-state index in [1.165, 1.54) is 60.7 Å². The first-order chi connectivity index (χ1) is 42.2. The molecule has 0 bridgehead atoms. The van der Waals surface area contributed by atoms with Gasteiger partial charge in [0.15, 0.2) is 11.5 Å². The first-order valence-corrected chi connectivity index (χ1v) is 28.5. The van der Waals surface area contributed by atoms with E-state index in [0.29, 0.717) is 73.1 Å². The van der Waals surface area contributed by atoms with E-state index < -0.39 is 0 Å². The predicted molar refractivity (Wildman–Crippen MR) is 355 cm³/mol. The van der Waals surface area contributed by atoms with Gasteiger partial charge in [-0.15, -0.1) is 40.9 Å². The number of phenols is 8. The molecule has 16 nitrogen and oxygen atoms in total. The third-order valence-corrected chi connectivity index (χ3v) is 14.8. The van der Waals surface area contributed by atoms with Crippen LogP contribution in [-0.2, 0) is 34.7 Å². The minimum absolute atomic E-state index is 0. The summed E-state index contributed by atoms with van der Waals surface area (Å²) in [7, 11) is 0. The number of nitrogens with zero attached hydrogens (tertiary/aromatic N) is 8. The van der Waals surface area contributed by atoms with Crippen molar-refractivity contribution in [3.05, 3.63) is 234 Å². The summed E-state index contributed by atoms with van der Waals surface area (Å²) in [6, 6.07) is 52.6. The Hall–Kier alpha value is -8.14. The van der Waals surface area contributed by atoms with Crippen molar-refractivity contribution < 1.29 is 78.4 Å². The number of halogens is 8. The van der Waals surface area contributed by atoms with E-state index in [1.54, 1.807) is 84.9 Å². The molecule has 0 unspecified atom stereocenters. The Balaban J connectivity index is 0.000000220. The Morgan fingerprint density at radius 3 is 0.867 bits per heavy atom. The van der Waals surface area contributed by atoms with Gasteiger partial charge in [0.05, 0.1) is 10.0 Å². The number of aromatic hydroxyl groups is 8. The monoisotopic (exact) mass is 1430 g/mol. The van der Waals surface area contributed by atoms with Crippen LogP contribution in [0.5, 0.6) is 46.0 Å². The number of fused-ring (bicyclic) bond motifs is 4. The van der Waals surface area contributed by atoms with Crippen LogP contribution < -0.4 is 0 Å². The number of phenolic OH excluding ortho intramolecular Hbond substituents is 8. The molecule has 12 aromatic carbocycles. The molecule has 0 spiro atoms. The van der Waals surface area contributed by atoms with Crippen molar-refractivity contribution in [2.24, 2.45) is 40.9 Å². The average Bonchev–Trinajstić information content (AvgIpc) is 0.828. The smallest absolute Gasteiger partial charge is 0.506 e. The SMILES string of the molecule is Oc1ccc(Cl)cc1N=Nc1c(O)ccc2ccccc12.Oc1ccc(Cl)cc1N=Nc1c(O)ccc2ccccc12.Oc1ccc(Cl)cc1N=Nc1ccc2c(Cl)ccc(Cl)c2c1O.Oc1ccc(Cl)cc1N=Nc1ccc2c(Cl)ccc(Cl)c2c1O.[Cr].[Cr].[H+].[HH]. The van der Waals surface area contributed by atoms with Crippen molar-refractivity contribution in [2.45, 2.75) is 0 Å². The van der Waals surface area contributed by atoms with E-state index in [1.807, 2.05) is 48.5 Å². The van der Waals surface area contributed by atoms with E-state index in [-0.39, 0.29) is 118 Å². The molecule has 0 aromatic heterocycles. The van der Waals surface area contributed by atoms with Gasteiger partial charge in [0.25, 0.3) is 0 Å². The van der Waals surface area contributed by atoms with Gasteiger partial charge in [-0.1, -0.05) is 166 Å². The summed E-state index contributed by atoms with van der Waals surface area (Å²) in [5, 5.41) is 120. The molecule has 8 N–H and O–H groups in total. The summed E-state index contributed by atoms with van der Waals surface area (Å²) in [5.74, 6) is -0.414. The molecule has 0 heterocycles. The Kier molecular flexibility index (Phi) is 24.3. The third kappa shape index (κ3) is 16.8. The Bertz CT molecular complexity index is 4500. The number of benzene rings is 12. The zero-order valence-electron chi connectivity index (χ0n) is 46.5. The summed E-state index contributed by atoms with van der Waals surface area (Å²) in [4.78, 5) is 0.